The number of hydrogen-bond donors (Lipinski definition) is 2. The SMILES string of the molecule is COc1ccc(NCC(=O)NC(C)C)c(OC)c1. The van der Waals surface area contributed by atoms with Crippen LogP contribution in [0, 0.1) is 0 Å². The Labute approximate surface area is 107 Å². The van der Waals surface area contributed by atoms with Gasteiger partial charge >= 0.3 is 0 Å². The van der Waals surface area contributed by atoms with E-state index in [4.69, 9.17) is 9.47 Å². The van der Waals surface area contributed by atoms with E-state index < -0.39 is 0 Å². The molecule has 2 N–H and O–H groups in total. The first-order valence-electron chi connectivity index (χ1n) is 5.82. The van der Waals surface area contributed by atoms with Crippen molar-refractivity contribution in [1.29, 1.82) is 0 Å². The molecule has 0 atom stereocenters. The predicted octanol–water partition coefficient (Wildman–Crippen LogP) is 1.64. The van der Waals surface area contributed by atoms with Crippen LogP contribution in [0.3, 0.4) is 0 Å². The van der Waals surface area contributed by atoms with Crippen LogP contribution in [0.2, 0.25) is 0 Å². The van der Waals surface area contributed by atoms with Gasteiger partial charge in [0, 0.05) is 12.1 Å². The van der Waals surface area contributed by atoms with Gasteiger partial charge in [0.25, 0.3) is 0 Å². The van der Waals surface area contributed by atoms with Crippen LogP contribution in [0.4, 0.5) is 5.69 Å². The van der Waals surface area contributed by atoms with E-state index >= 15 is 0 Å². The fourth-order valence-corrected chi connectivity index (χ4v) is 1.49. The Balaban J connectivity index is 2.64. The number of benzene rings is 1. The van der Waals surface area contributed by atoms with Gasteiger partial charge in [0.2, 0.25) is 5.91 Å². The molecule has 0 spiro atoms. The van der Waals surface area contributed by atoms with Gasteiger partial charge in [-0.25, -0.2) is 0 Å². The maximum atomic E-state index is 11.5. The molecule has 0 saturated carbocycles. The smallest absolute Gasteiger partial charge is 0.239 e. The van der Waals surface area contributed by atoms with E-state index in [1.807, 2.05) is 26.0 Å². The van der Waals surface area contributed by atoms with Crippen molar-refractivity contribution in [2.24, 2.45) is 0 Å². The normalized spacial score (nSPS) is 10.1. The fraction of sp³-hybridized carbons (Fsp3) is 0.462. The lowest BCUT2D eigenvalue weighted by Gasteiger charge is -2.13. The van der Waals surface area contributed by atoms with Gasteiger partial charge in [0.15, 0.2) is 0 Å². The molecule has 1 rings (SSSR count). The van der Waals surface area contributed by atoms with Gasteiger partial charge in [-0.2, -0.15) is 0 Å². The molecule has 0 aromatic heterocycles. The largest absolute Gasteiger partial charge is 0.497 e. The third kappa shape index (κ3) is 4.16. The Hall–Kier alpha value is -1.91. The van der Waals surface area contributed by atoms with Crippen molar-refractivity contribution < 1.29 is 14.3 Å². The second-order valence-electron chi connectivity index (χ2n) is 4.14. The minimum absolute atomic E-state index is 0.0529. The second kappa shape index (κ2) is 6.74. The van der Waals surface area contributed by atoms with Gasteiger partial charge in [-0.1, -0.05) is 0 Å². The summed E-state index contributed by atoms with van der Waals surface area (Å²) in [6.07, 6.45) is 0. The molecule has 0 aliphatic heterocycles. The van der Waals surface area contributed by atoms with E-state index in [1.165, 1.54) is 0 Å². The lowest BCUT2D eigenvalue weighted by Crippen LogP contribution is -2.34. The third-order valence-corrected chi connectivity index (χ3v) is 2.30. The molecular formula is C13H20N2O3. The van der Waals surface area contributed by atoms with Gasteiger partial charge in [0.05, 0.1) is 26.5 Å². The molecule has 0 aliphatic carbocycles. The number of rotatable bonds is 6. The van der Waals surface area contributed by atoms with Crippen LogP contribution in [0.5, 0.6) is 11.5 Å². The van der Waals surface area contributed by atoms with Crippen molar-refractivity contribution in [3.05, 3.63) is 18.2 Å². The number of carbonyl (C=O) groups is 1. The molecule has 0 radical (unpaired) electrons. The van der Waals surface area contributed by atoms with Gasteiger partial charge < -0.3 is 20.1 Å². The summed E-state index contributed by atoms with van der Waals surface area (Å²) < 4.78 is 10.3. The maximum Gasteiger partial charge on any atom is 0.239 e. The lowest BCUT2D eigenvalue weighted by molar-refractivity contribution is -0.119. The molecular weight excluding hydrogens is 232 g/mol. The first-order chi connectivity index (χ1) is 8.56. The summed E-state index contributed by atoms with van der Waals surface area (Å²) in [6, 6.07) is 5.53. The van der Waals surface area contributed by atoms with Crippen LogP contribution in [0.15, 0.2) is 18.2 Å². The third-order valence-electron chi connectivity index (χ3n) is 2.30. The molecule has 0 aliphatic rings. The minimum Gasteiger partial charge on any atom is -0.497 e. The summed E-state index contributed by atoms with van der Waals surface area (Å²) in [4.78, 5) is 11.5. The zero-order valence-corrected chi connectivity index (χ0v) is 11.2. The number of carbonyl (C=O) groups excluding carboxylic acids is 1. The summed E-state index contributed by atoms with van der Waals surface area (Å²) >= 11 is 0. The van der Waals surface area contributed by atoms with E-state index in [-0.39, 0.29) is 18.5 Å². The molecule has 0 heterocycles. The van der Waals surface area contributed by atoms with E-state index in [2.05, 4.69) is 10.6 Å². The zero-order valence-electron chi connectivity index (χ0n) is 11.2. The molecule has 5 nitrogen and oxygen atoms in total. The Morgan fingerprint density at radius 3 is 2.56 bits per heavy atom. The molecule has 100 valence electrons. The molecule has 0 saturated heterocycles. The van der Waals surface area contributed by atoms with Gasteiger partial charge in [-0.3, -0.25) is 4.79 Å². The summed E-state index contributed by atoms with van der Waals surface area (Å²) in [7, 11) is 3.17. The number of methoxy groups -OCH3 is 2. The van der Waals surface area contributed by atoms with Crippen LogP contribution >= 0.6 is 0 Å². The van der Waals surface area contributed by atoms with E-state index in [9.17, 15) is 4.79 Å². The molecule has 18 heavy (non-hydrogen) atoms. The average Bonchev–Trinajstić information content (AvgIpc) is 2.35. The Kier molecular flexibility index (Phi) is 5.30. The summed E-state index contributed by atoms with van der Waals surface area (Å²) in [5, 5.41) is 5.83. The van der Waals surface area contributed by atoms with Crippen molar-refractivity contribution in [2.45, 2.75) is 19.9 Å². The summed E-state index contributed by atoms with van der Waals surface area (Å²) in [5.41, 5.74) is 0.761. The summed E-state index contributed by atoms with van der Waals surface area (Å²) in [6.45, 7) is 4.05. The highest BCUT2D eigenvalue weighted by Crippen LogP contribution is 2.28. The summed E-state index contributed by atoms with van der Waals surface area (Å²) in [5.74, 6) is 1.30. The van der Waals surface area contributed by atoms with Crippen molar-refractivity contribution >= 4 is 11.6 Å². The van der Waals surface area contributed by atoms with Crippen LogP contribution in [-0.4, -0.2) is 32.7 Å². The highest BCUT2D eigenvalue weighted by atomic mass is 16.5. The number of anilines is 1. The van der Waals surface area contributed by atoms with Crippen molar-refractivity contribution in [3.8, 4) is 11.5 Å². The van der Waals surface area contributed by atoms with Crippen molar-refractivity contribution in [2.75, 3.05) is 26.1 Å². The van der Waals surface area contributed by atoms with Gasteiger partial charge in [-0.05, 0) is 26.0 Å². The van der Waals surface area contributed by atoms with Crippen LogP contribution in [0.25, 0.3) is 0 Å². The number of ether oxygens (including phenoxy) is 2. The Bertz CT molecular complexity index is 405. The second-order valence-corrected chi connectivity index (χ2v) is 4.14. The fourth-order valence-electron chi connectivity index (χ4n) is 1.49. The molecule has 1 aromatic carbocycles. The van der Waals surface area contributed by atoms with Crippen LogP contribution < -0.4 is 20.1 Å². The molecule has 0 bridgehead atoms. The Morgan fingerprint density at radius 1 is 1.28 bits per heavy atom. The monoisotopic (exact) mass is 252 g/mol. The first-order valence-corrected chi connectivity index (χ1v) is 5.82. The Morgan fingerprint density at radius 2 is 2.00 bits per heavy atom. The maximum absolute atomic E-state index is 11.5. The van der Waals surface area contributed by atoms with Crippen molar-refractivity contribution in [3.63, 3.8) is 0 Å². The lowest BCUT2D eigenvalue weighted by atomic mass is 10.2. The number of amides is 1. The van der Waals surface area contributed by atoms with E-state index in [0.717, 1.165) is 5.69 Å². The molecule has 1 amide bonds. The quantitative estimate of drug-likeness (QED) is 0.808. The highest BCUT2D eigenvalue weighted by molar-refractivity contribution is 5.81. The number of hydrogen-bond acceptors (Lipinski definition) is 4. The standard InChI is InChI=1S/C13H20N2O3/c1-9(2)15-13(16)8-14-11-6-5-10(17-3)7-12(11)18-4/h5-7,9,14H,8H2,1-4H3,(H,15,16). The number of nitrogens with one attached hydrogen (secondary N) is 2. The molecule has 0 fully saturated rings. The first kappa shape index (κ1) is 14.2. The highest BCUT2D eigenvalue weighted by Gasteiger charge is 2.07. The average molecular weight is 252 g/mol. The van der Waals surface area contributed by atoms with Crippen LogP contribution in [-0.2, 0) is 4.79 Å². The minimum atomic E-state index is -0.0529. The van der Waals surface area contributed by atoms with Crippen molar-refractivity contribution in [1.82, 2.24) is 5.32 Å². The molecule has 0 unspecified atom stereocenters. The topological polar surface area (TPSA) is 59.6 Å². The van der Waals surface area contributed by atoms with E-state index in [0.29, 0.717) is 11.5 Å². The zero-order chi connectivity index (χ0) is 13.5. The predicted molar refractivity (Wildman–Crippen MR) is 71.3 cm³/mol. The molecule has 1 aromatic rings. The molecule has 5 heteroatoms. The van der Waals surface area contributed by atoms with Gasteiger partial charge in [0.1, 0.15) is 11.5 Å². The van der Waals surface area contributed by atoms with E-state index in [1.54, 1.807) is 20.3 Å². The van der Waals surface area contributed by atoms with Gasteiger partial charge in [-0.15, -0.1) is 0 Å². The van der Waals surface area contributed by atoms with Crippen LogP contribution in [0.1, 0.15) is 13.8 Å².